The average Bonchev–Trinajstić information content (AvgIpc) is 3.14. The van der Waals surface area contributed by atoms with Gasteiger partial charge in [-0.2, -0.15) is 0 Å². The topological polar surface area (TPSA) is 91.9 Å². The molecule has 4 rings (SSSR count). The van der Waals surface area contributed by atoms with Gasteiger partial charge in [-0.15, -0.1) is 0 Å². The molecular weight excluding hydrogens is 424 g/mol. The summed E-state index contributed by atoms with van der Waals surface area (Å²) < 4.78 is 7.26. The number of H-pyrrole nitrogens is 2. The van der Waals surface area contributed by atoms with E-state index in [0.717, 1.165) is 23.1 Å². The molecule has 7 nitrogen and oxygen atoms in total. The van der Waals surface area contributed by atoms with Crippen molar-refractivity contribution >= 4 is 40.1 Å². The summed E-state index contributed by atoms with van der Waals surface area (Å²) in [6, 6.07) is 5.91. The third kappa shape index (κ3) is 4.46. The molecule has 1 aromatic carbocycles. The van der Waals surface area contributed by atoms with E-state index in [-0.39, 0.29) is 17.5 Å². The van der Waals surface area contributed by atoms with Crippen molar-refractivity contribution in [1.29, 1.82) is 0 Å². The average molecular weight is 457 g/mol. The van der Waals surface area contributed by atoms with Gasteiger partial charge in [0.15, 0.2) is 4.77 Å². The van der Waals surface area contributed by atoms with Gasteiger partial charge in [-0.3, -0.25) is 14.2 Å². The number of hydrogen-bond donors (Lipinski definition) is 3. The molecule has 1 aliphatic rings. The number of unbranched alkanes of at least 4 members (excludes halogenated alkanes) is 1. The molecule has 0 radical (unpaired) electrons. The number of rotatable bonds is 7. The lowest BCUT2D eigenvalue weighted by Crippen LogP contribution is -2.43. The molecule has 0 saturated heterocycles. The molecular formula is C24H32N4O3S. The molecule has 3 aromatic rings. The van der Waals surface area contributed by atoms with Gasteiger partial charge in [0.05, 0.1) is 12.6 Å². The maximum Gasteiger partial charge on any atom is 0.278 e. The van der Waals surface area contributed by atoms with Crippen LogP contribution in [-0.4, -0.2) is 33.6 Å². The molecule has 1 amide bonds. The third-order valence-electron chi connectivity index (χ3n) is 7.03. The van der Waals surface area contributed by atoms with Gasteiger partial charge in [-0.25, -0.2) is 0 Å². The maximum absolute atomic E-state index is 13.1. The fraction of sp³-hybridized carbons (Fsp3) is 0.542. The van der Waals surface area contributed by atoms with E-state index in [1.54, 1.807) is 11.7 Å². The summed E-state index contributed by atoms with van der Waals surface area (Å²) in [5.74, 6) is 2.00. The zero-order valence-electron chi connectivity index (χ0n) is 19.0. The van der Waals surface area contributed by atoms with Gasteiger partial charge in [0.2, 0.25) is 5.91 Å². The summed E-state index contributed by atoms with van der Waals surface area (Å²) >= 11 is 5.47. The number of hydrogen-bond acceptors (Lipinski definition) is 4. The monoisotopic (exact) mass is 456 g/mol. The molecule has 1 aliphatic carbocycles. The summed E-state index contributed by atoms with van der Waals surface area (Å²) in [5, 5.41) is 4.09. The lowest BCUT2D eigenvalue weighted by molar-refractivity contribution is -0.122. The minimum absolute atomic E-state index is 0.105. The van der Waals surface area contributed by atoms with Crippen molar-refractivity contribution in [3.8, 4) is 5.75 Å². The number of aromatic nitrogens is 3. The second kappa shape index (κ2) is 9.48. The molecule has 2 aromatic heterocycles. The number of amides is 1. The van der Waals surface area contributed by atoms with Gasteiger partial charge < -0.3 is 20.0 Å². The predicted molar refractivity (Wildman–Crippen MR) is 130 cm³/mol. The smallest absolute Gasteiger partial charge is 0.278 e. The van der Waals surface area contributed by atoms with Crippen LogP contribution < -0.4 is 15.6 Å². The highest BCUT2D eigenvalue weighted by Gasteiger charge is 2.27. The summed E-state index contributed by atoms with van der Waals surface area (Å²) in [6.45, 7) is 4.98. The molecule has 1 fully saturated rings. The van der Waals surface area contributed by atoms with Crippen LogP contribution in [-0.2, 0) is 11.3 Å². The largest absolute Gasteiger partial charge is 0.497 e. The zero-order valence-corrected chi connectivity index (χ0v) is 19.8. The van der Waals surface area contributed by atoms with Crippen LogP contribution in [0.2, 0.25) is 0 Å². The van der Waals surface area contributed by atoms with E-state index in [0.29, 0.717) is 53.4 Å². The molecule has 8 heteroatoms. The van der Waals surface area contributed by atoms with Gasteiger partial charge in [0.1, 0.15) is 11.3 Å². The van der Waals surface area contributed by atoms with Crippen LogP contribution in [0.5, 0.6) is 5.75 Å². The molecule has 0 spiro atoms. The van der Waals surface area contributed by atoms with Gasteiger partial charge in [0, 0.05) is 29.9 Å². The van der Waals surface area contributed by atoms with Crippen LogP contribution in [0.4, 0.5) is 0 Å². The summed E-state index contributed by atoms with van der Waals surface area (Å²) in [4.78, 5) is 31.9. The SMILES string of the molecule is COc1ccc2[nH]c3c(=O)n(CCCCC(=O)N[C@@H]4CCC[C@@H](C)[C@@H]4C)c(=S)[nH]c3c2c1. The van der Waals surface area contributed by atoms with Gasteiger partial charge >= 0.3 is 0 Å². The lowest BCUT2D eigenvalue weighted by Gasteiger charge is -2.34. The number of carbonyl (C=O) groups excluding carboxylic acids is 1. The zero-order chi connectivity index (χ0) is 22.8. The number of nitrogens with one attached hydrogen (secondary N) is 3. The predicted octanol–water partition coefficient (Wildman–Crippen LogP) is 4.66. The Morgan fingerprint density at radius 1 is 1.22 bits per heavy atom. The standard InChI is InChI=1S/C24H32N4O3S/c1-14-7-6-8-18(15(14)2)25-20(29)9-4-5-12-28-23(30)22-21(27-24(28)32)17-13-16(31-3)10-11-19(17)26-22/h10-11,13-15,18,26H,4-9,12H2,1-3H3,(H,25,29)(H,27,32)/t14-,15+,18-/m1/s1. The molecule has 3 N–H and O–H groups in total. The van der Waals surface area contributed by atoms with Crippen LogP contribution in [0.15, 0.2) is 23.0 Å². The lowest BCUT2D eigenvalue weighted by atomic mass is 9.78. The molecule has 0 bridgehead atoms. The number of fused-ring (bicyclic) bond motifs is 3. The number of carbonyl (C=O) groups is 1. The van der Waals surface area contributed by atoms with Crippen molar-refractivity contribution in [2.45, 2.75) is 65.0 Å². The van der Waals surface area contributed by atoms with E-state index in [2.05, 4.69) is 29.1 Å². The van der Waals surface area contributed by atoms with Crippen molar-refractivity contribution in [3.63, 3.8) is 0 Å². The van der Waals surface area contributed by atoms with Crippen LogP contribution in [0, 0.1) is 16.6 Å². The molecule has 0 aliphatic heterocycles. The Balaban J connectivity index is 1.40. The summed E-state index contributed by atoms with van der Waals surface area (Å²) in [7, 11) is 1.61. The van der Waals surface area contributed by atoms with Crippen molar-refractivity contribution in [3.05, 3.63) is 33.3 Å². The highest BCUT2D eigenvalue weighted by molar-refractivity contribution is 7.71. The first kappa shape index (κ1) is 22.6. The van der Waals surface area contributed by atoms with Crippen LogP contribution >= 0.6 is 12.2 Å². The van der Waals surface area contributed by atoms with E-state index in [1.807, 2.05) is 18.2 Å². The van der Waals surface area contributed by atoms with Gasteiger partial charge in [-0.05, 0) is 61.5 Å². The van der Waals surface area contributed by atoms with E-state index in [4.69, 9.17) is 17.0 Å². The molecule has 3 atom stereocenters. The fourth-order valence-electron chi connectivity index (χ4n) is 4.81. The van der Waals surface area contributed by atoms with E-state index < -0.39 is 0 Å². The molecule has 32 heavy (non-hydrogen) atoms. The summed E-state index contributed by atoms with van der Waals surface area (Å²) in [5.41, 5.74) is 1.90. The molecule has 172 valence electrons. The first-order chi connectivity index (χ1) is 15.4. The Kier molecular flexibility index (Phi) is 6.69. The fourth-order valence-corrected chi connectivity index (χ4v) is 5.09. The Bertz CT molecular complexity index is 1240. The minimum Gasteiger partial charge on any atom is -0.497 e. The second-order valence-electron chi connectivity index (χ2n) is 9.07. The first-order valence-electron chi connectivity index (χ1n) is 11.5. The second-order valence-corrected chi connectivity index (χ2v) is 9.46. The van der Waals surface area contributed by atoms with Crippen LogP contribution in [0.25, 0.3) is 21.9 Å². The number of nitrogens with zero attached hydrogens (tertiary/aromatic N) is 1. The Hall–Kier alpha value is -2.61. The van der Waals surface area contributed by atoms with Crippen molar-refractivity contribution < 1.29 is 9.53 Å². The van der Waals surface area contributed by atoms with E-state index in [9.17, 15) is 9.59 Å². The number of methoxy groups -OCH3 is 1. The highest BCUT2D eigenvalue weighted by atomic mass is 32.1. The van der Waals surface area contributed by atoms with Crippen molar-refractivity contribution in [2.75, 3.05) is 7.11 Å². The van der Waals surface area contributed by atoms with E-state index in [1.165, 1.54) is 12.8 Å². The highest BCUT2D eigenvalue weighted by Crippen LogP contribution is 2.29. The number of aromatic amines is 2. The Morgan fingerprint density at radius 3 is 2.81 bits per heavy atom. The molecule has 1 saturated carbocycles. The number of ether oxygens (including phenoxy) is 1. The quantitative estimate of drug-likeness (QED) is 0.356. The molecule has 2 heterocycles. The van der Waals surface area contributed by atoms with Crippen LogP contribution in [0.1, 0.15) is 52.4 Å². The minimum atomic E-state index is -0.145. The van der Waals surface area contributed by atoms with Crippen molar-refractivity contribution in [2.24, 2.45) is 11.8 Å². The normalized spacial score (nSPS) is 21.2. The molecule has 0 unspecified atom stereocenters. The number of benzene rings is 1. The third-order valence-corrected chi connectivity index (χ3v) is 7.35. The van der Waals surface area contributed by atoms with Crippen molar-refractivity contribution in [1.82, 2.24) is 19.9 Å². The Morgan fingerprint density at radius 2 is 2.03 bits per heavy atom. The van der Waals surface area contributed by atoms with Gasteiger partial charge in [0.25, 0.3) is 5.56 Å². The van der Waals surface area contributed by atoms with Gasteiger partial charge in [-0.1, -0.05) is 26.7 Å². The summed E-state index contributed by atoms with van der Waals surface area (Å²) in [6.07, 6.45) is 5.39. The first-order valence-corrected chi connectivity index (χ1v) is 11.9. The maximum atomic E-state index is 13.1. The van der Waals surface area contributed by atoms with Crippen LogP contribution in [0.3, 0.4) is 0 Å². The Labute approximate surface area is 192 Å². The van der Waals surface area contributed by atoms with E-state index >= 15 is 0 Å².